The lowest BCUT2D eigenvalue weighted by atomic mass is 9.96. The molecule has 1 fully saturated rings. The van der Waals surface area contributed by atoms with Crippen molar-refractivity contribution in [3.05, 3.63) is 35.9 Å². The molecule has 0 amide bonds. The number of piperidine rings is 1. The molecule has 1 aliphatic heterocycles. The Kier molecular flexibility index (Phi) is 7.33. The number of rotatable bonds is 3. The van der Waals surface area contributed by atoms with Gasteiger partial charge in [-0.1, -0.05) is 30.3 Å². The van der Waals surface area contributed by atoms with Gasteiger partial charge in [-0.25, -0.2) is 0 Å². The molecule has 0 saturated carbocycles. The summed E-state index contributed by atoms with van der Waals surface area (Å²) in [5.74, 6) is 0.523. The van der Waals surface area contributed by atoms with Gasteiger partial charge in [0, 0.05) is 24.6 Å². The molecule has 0 aliphatic carbocycles. The van der Waals surface area contributed by atoms with Crippen LogP contribution >= 0.6 is 0 Å². The van der Waals surface area contributed by atoms with Crippen molar-refractivity contribution in [2.75, 3.05) is 26.7 Å². The van der Waals surface area contributed by atoms with Crippen LogP contribution in [-0.4, -0.2) is 43.7 Å². The summed E-state index contributed by atoms with van der Waals surface area (Å²) in [6, 6.07) is 9.23. The molecule has 0 aromatic heterocycles. The van der Waals surface area contributed by atoms with Crippen LogP contribution in [0, 0.1) is 5.92 Å². The van der Waals surface area contributed by atoms with Crippen molar-refractivity contribution in [2.45, 2.75) is 19.4 Å². The monoisotopic (exact) mass is 264 g/mol. The average Bonchev–Trinajstić information content (AvgIpc) is 2.43. The van der Waals surface area contributed by atoms with Crippen molar-refractivity contribution >= 4 is 5.78 Å². The van der Waals surface area contributed by atoms with E-state index in [0.717, 1.165) is 31.6 Å². The SMILES string of the molecule is CC(=O)c1ccccc1.CNCC1CNCCC1O. The van der Waals surface area contributed by atoms with Crippen molar-refractivity contribution < 1.29 is 9.90 Å². The molecule has 0 bridgehead atoms. The quantitative estimate of drug-likeness (QED) is 0.715. The van der Waals surface area contributed by atoms with Crippen molar-refractivity contribution in [3.8, 4) is 0 Å². The van der Waals surface area contributed by atoms with E-state index >= 15 is 0 Å². The van der Waals surface area contributed by atoms with Gasteiger partial charge in [0.15, 0.2) is 5.78 Å². The molecule has 1 saturated heterocycles. The molecule has 0 radical (unpaired) electrons. The van der Waals surface area contributed by atoms with Crippen molar-refractivity contribution in [1.29, 1.82) is 0 Å². The standard InChI is InChI=1S/C8H8O.C7H16N2O/c1-7(9)8-5-3-2-4-6-8;1-8-4-6-5-9-3-2-7(6)10/h2-6H,1H3;6-10H,2-5H2,1H3. The smallest absolute Gasteiger partial charge is 0.159 e. The first-order chi connectivity index (χ1) is 9.15. The number of hydrogen-bond acceptors (Lipinski definition) is 4. The molecular weight excluding hydrogens is 240 g/mol. The molecule has 19 heavy (non-hydrogen) atoms. The number of Topliss-reactive ketones (excluding diaryl/α,β-unsaturated/α-hetero) is 1. The topological polar surface area (TPSA) is 61.4 Å². The number of nitrogens with one attached hydrogen (secondary N) is 2. The molecule has 4 heteroatoms. The zero-order chi connectivity index (χ0) is 14.1. The van der Waals surface area contributed by atoms with E-state index in [9.17, 15) is 9.90 Å². The summed E-state index contributed by atoms with van der Waals surface area (Å²) < 4.78 is 0. The molecule has 2 rings (SSSR count). The predicted molar refractivity (Wildman–Crippen MR) is 77.4 cm³/mol. The molecular formula is C15H24N2O2. The second-order valence-corrected chi connectivity index (χ2v) is 4.80. The summed E-state index contributed by atoms with van der Waals surface area (Å²) in [6.07, 6.45) is 0.792. The van der Waals surface area contributed by atoms with Gasteiger partial charge in [0.05, 0.1) is 6.10 Å². The summed E-state index contributed by atoms with van der Waals surface area (Å²) in [5, 5.41) is 15.7. The Morgan fingerprint density at radius 1 is 1.42 bits per heavy atom. The average molecular weight is 264 g/mol. The second-order valence-electron chi connectivity index (χ2n) is 4.80. The summed E-state index contributed by atoms with van der Waals surface area (Å²) in [7, 11) is 1.92. The first kappa shape index (κ1) is 15.8. The number of carbonyl (C=O) groups excluding carboxylic acids is 1. The summed E-state index contributed by atoms with van der Waals surface area (Å²) in [4.78, 5) is 10.6. The van der Waals surface area contributed by atoms with E-state index in [1.165, 1.54) is 0 Å². The third-order valence-electron chi connectivity index (χ3n) is 3.21. The van der Waals surface area contributed by atoms with Crippen LogP contribution in [0.15, 0.2) is 30.3 Å². The molecule has 1 aromatic rings. The van der Waals surface area contributed by atoms with Crippen LogP contribution in [0.2, 0.25) is 0 Å². The van der Waals surface area contributed by atoms with Gasteiger partial charge in [-0.2, -0.15) is 0 Å². The Bertz CT molecular complexity index is 366. The van der Waals surface area contributed by atoms with Crippen molar-refractivity contribution in [2.24, 2.45) is 5.92 Å². The largest absolute Gasteiger partial charge is 0.393 e. The van der Waals surface area contributed by atoms with Gasteiger partial charge in [0.1, 0.15) is 0 Å². The Morgan fingerprint density at radius 2 is 2.11 bits per heavy atom. The van der Waals surface area contributed by atoms with Gasteiger partial charge in [0.2, 0.25) is 0 Å². The number of aliphatic hydroxyl groups is 1. The zero-order valence-electron chi connectivity index (χ0n) is 11.7. The van der Waals surface area contributed by atoms with Crippen LogP contribution in [0.5, 0.6) is 0 Å². The van der Waals surface area contributed by atoms with Crippen LogP contribution in [0.4, 0.5) is 0 Å². The van der Waals surface area contributed by atoms with Gasteiger partial charge in [-0.05, 0) is 26.9 Å². The van der Waals surface area contributed by atoms with E-state index in [4.69, 9.17) is 0 Å². The van der Waals surface area contributed by atoms with Gasteiger partial charge in [0.25, 0.3) is 0 Å². The highest BCUT2D eigenvalue weighted by molar-refractivity contribution is 5.93. The molecule has 1 aromatic carbocycles. The normalized spacial score (nSPS) is 22.3. The molecule has 2 atom stereocenters. The lowest BCUT2D eigenvalue weighted by molar-refractivity contribution is 0.0797. The van der Waals surface area contributed by atoms with Crippen LogP contribution < -0.4 is 10.6 Å². The van der Waals surface area contributed by atoms with E-state index in [2.05, 4.69) is 10.6 Å². The highest BCUT2D eigenvalue weighted by Crippen LogP contribution is 2.09. The summed E-state index contributed by atoms with van der Waals surface area (Å²) in [6.45, 7) is 4.38. The maximum Gasteiger partial charge on any atom is 0.159 e. The third kappa shape index (κ3) is 5.96. The van der Waals surface area contributed by atoms with Crippen LogP contribution in [0.25, 0.3) is 0 Å². The van der Waals surface area contributed by atoms with E-state index in [-0.39, 0.29) is 11.9 Å². The van der Waals surface area contributed by atoms with Gasteiger partial charge < -0.3 is 15.7 Å². The van der Waals surface area contributed by atoms with Gasteiger partial charge >= 0.3 is 0 Å². The van der Waals surface area contributed by atoms with Gasteiger partial charge in [-0.3, -0.25) is 4.79 Å². The molecule has 3 N–H and O–H groups in total. The second kappa shape index (κ2) is 8.80. The fourth-order valence-corrected chi connectivity index (χ4v) is 2.05. The van der Waals surface area contributed by atoms with Crippen LogP contribution in [-0.2, 0) is 0 Å². The van der Waals surface area contributed by atoms with Crippen LogP contribution in [0.1, 0.15) is 23.7 Å². The predicted octanol–water partition coefficient (Wildman–Crippen LogP) is 1.07. The van der Waals surface area contributed by atoms with E-state index in [1.54, 1.807) is 6.92 Å². The molecule has 0 spiro atoms. The number of hydrogen-bond donors (Lipinski definition) is 3. The number of ketones is 1. The minimum Gasteiger partial charge on any atom is -0.393 e. The fourth-order valence-electron chi connectivity index (χ4n) is 2.05. The highest BCUT2D eigenvalue weighted by Gasteiger charge is 2.21. The lowest BCUT2D eigenvalue weighted by Gasteiger charge is -2.27. The Hall–Kier alpha value is -1.23. The Balaban J connectivity index is 0.000000191. The summed E-state index contributed by atoms with van der Waals surface area (Å²) >= 11 is 0. The molecule has 4 nitrogen and oxygen atoms in total. The van der Waals surface area contributed by atoms with E-state index in [0.29, 0.717) is 5.92 Å². The maximum atomic E-state index is 10.6. The number of benzene rings is 1. The first-order valence-electron chi connectivity index (χ1n) is 6.74. The Labute approximate surface area is 115 Å². The molecule has 106 valence electrons. The fraction of sp³-hybridized carbons (Fsp3) is 0.533. The van der Waals surface area contributed by atoms with Crippen molar-refractivity contribution in [3.63, 3.8) is 0 Å². The zero-order valence-corrected chi connectivity index (χ0v) is 11.7. The van der Waals surface area contributed by atoms with Crippen molar-refractivity contribution in [1.82, 2.24) is 10.6 Å². The first-order valence-corrected chi connectivity index (χ1v) is 6.74. The summed E-state index contributed by atoms with van der Waals surface area (Å²) in [5.41, 5.74) is 0.775. The minimum absolute atomic E-state index is 0.103. The van der Waals surface area contributed by atoms with Crippen LogP contribution in [0.3, 0.4) is 0 Å². The lowest BCUT2D eigenvalue weighted by Crippen LogP contribution is -2.44. The molecule has 1 heterocycles. The minimum atomic E-state index is -0.103. The molecule has 2 unspecified atom stereocenters. The number of carbonyl (C=O) groups is 1. The maximum absolute atomic E-state index is 10.6. The Morgan fingerprint density at radius 3 is 2.58 bits per heavy atom. The number of aliphatic hydroxyl groups excluding tert-OH is 1. The van der Waals surface area contributed by atoms with E-state index in [1.807, 2.05) is 37.4 Å². The highest BCUT2D eigenvalue weighted by atomic mass is 16.3. The third-order valence-corrected chi connectivity index (χ3v) is 3.21. The molecule has 1 aliphatic rings. The van der Waals surface area contributed by atoms with Gasteiger partial charge in [-0.15, -0.1) is 0 Å². The van der Waals surface area contributed by atoms with E-state index < -0.39 is 0 Å².